The number of aliphatic hydroxyl groups excluding tert-OH is 2. The third-order valence-electron chi connectivity index (χ3n) is 19.5. The van der Waals surface area contributed by atoms with Gasteiger partial charge in [-0.2, -0.15) is 0 Å². The lowest BCUT2D eigenvalue weighted by Crippen LogP contribution is -2.45. The maximum atomic E-state index is 12.6. The first-order chi connectivity index (χ1) is 44.0. The highest BCUT2D eigenvalue weighted by molar-refractivity contribution is 5.76. The number of carbonyl (C=O) groups is 2. The highest BCUT2D eigenvalue weighted by Crippen LogP contribution is 2.20. The molecule has 89 heavy (non-hydrogen) atoms. The average Bonchev–Trinajstić information content (AvgIpc) is 3.60. The van der Waals surface area contributed by atoms with Crippen molar-refractivity contribution in [2.75, 3.05) is 13.2 Å². The van der Waals surface area contributed by atoms with Crippen LogP contribution >= 0.6 is 0 Å². The maximum absolute atomic E-state index is 12.6. The fraction of sp³-hybridized carbons (Fsp3) is 0.928. The Balaban J connectivity index is 3.36. The minimum Gasteiger partial charge on any atom is -0.466 e. The van der Waals surface area contributed by atoms with E-state index < -0.39 is 12.1 Å². The summed E-state index contributed by atoms with van der Waals surface area (Å²) in [5.41, 5.74) is 0. The minimum atomic E-state index is -0.665. The molecule has 6 heteroatoms. The fourth-order valence-electron chi connectivity index (χ4n) is 13.2. The summed E-state index contributed by atoms with van der Waals surface area (Å²) >= 11 is 0. The Morgan fingerprint density at radius 2 is 0.528 bits per heavy atom. The average molecular weight is 1250 g/mol. The summed E-state index contributed by atoms with van der Waals surface area (Å²) in [4.78, 5) is 24.7. The smallest absolute Gasteiger partial charge is 0.305 e. The van der Waals surface area contributed by atoms with Crippen molar-refractivity contribution in [2.45, 2.75) is 482 Å². The topological polar surface area (TPSA) is 95.9 Å². The molecule has 2 unspecified atom stereocenters. The van der Waals surface area contributed by atoms with Crippen LogP contribution in [-0.4, -0.2) is 47.4 Å². The number of rotatable bonds is 78. The van der Waals surface area contributed by atoms with Gasteiger partial charge in [-0.25, -0.2) is 0 Å². The molecule has 0 spiro atoms. The van der Waals surface area contributed by atoms with E-state index in [0.29, 0.717) is 25.9 Å². The van der Waals surface area contributed by atoms with E-state index in [9.17, 15) is 19.8 Å². The zero-order valence-electron chi connectivity index (χ0n) is 60.7. The largest absolute Gasteiger partial charge is 0.466 e. The number of allylic oxidation sites excluding steroid dienone is 4. The second-order valence-corrected chi connectivity index (χ2v) is 28.5. The van der Waals surface area contributed by atoms with Crippen LogP contribution < -0.4 is 5.32 Å². The molecule has 528 valence electrons. The second kappa shape index (κ2) is 78.8. The Hall–Kier alpha value is -1.66. The van der Waals surface area contributed by atoms with E-state index >= 15 is 0 Å². The van der Waals surface area contributed by atoms with Gasteiger partial charge in [-0.1, -0.05) is 404 Å². The molecule has 0 aromatic heterocycles. The first-order valence-electron chi connectivity index (χ1n) is 41.1. The van der Waals surface area contributed by atoms with E-state index in [0.717, 1.165) is 44.9 Å². The van der Waals surface area contributed by atoms with Gasteiger partial charge in [0.25, 0.3) is 0 Å². The van der Waals surface area contributed by atoms with Crippen molar-refractivity contribution in [2.24, 2.45) is 0 Å². The molecule has 0 rings (SSSR count). The molecule has 0 aromatic carbocycles. The molecule has 0 fully saturated rings. The van der Waals surface area contributed by atoms with Crippen LogP contribution in [0.3, 0.4) is 0 Å². The van der Waals surface area contributed by atoms with Crippen LogP contribution in [-0.2, 0) is 14.3 Å². The zero-order valence-corrected chi connectivity index (χ0v) is 60.7. The van der Waals surface area contributed by atoms with Gasteiger partial charge in [0.2, 0.25) is 5.91 Å². The molecule has 0 aromatic rings. The van der Waals surface area contributed by atoms with Gasteiger partial charge >= 0.3 is 5.97 Å². The number of esters is 1. The summed E-state index contributed by atoms with van der Waals surface area (Å²) in [7, 11) is 0. The Labute approximate surface area is 558 Å². The third-order valence-corrected chi connectivity index (χ3v) is 19.5. The van der Waals surface area contributed by atoms with Crippen LogP contribution in [0.2, 0.25) is 0 Å². The molecule has 6 nitrogen and oxygen atoms in total. The first kappa shape index (κ1) is 87.3. The first-order valence-corrected chi connectivity index (χ1v) is 41.1. The van der Waals surface area contributed by atoms with Crippen molar-refractivity contribution in [3.05, 3.63) is 24.3 Å². The summed E-state index contributed by atoms with van der Waals surface area (Å²) in [6.07, 6.45) is 101. The molecule has 0 radical (unpaired) electrons. The molecule has 0 saturated carbocycles. The SMILES string of the molecule is CCCCCCCC/C=C\CCCCCCCCCC(=O)OCCCCCCCCCCCCCC/C=C\CCCCCCCCCCCCCCCCC(=O)NC(CO)C(O)CCCCCCCCCCCCCCCCCCCCCCCCCCC. The Bertz CT molecular complexity index is 1400. The van der Waals surface area contributed by atoms with E-state index in [-0.39, 0.29) is 18.5 Å². The standard InChI is InChI=1S/C83H161NO5/c1-3-5-7-9-11-13-15-17-19-21-22-23-24-31-34-37-40-44-47-51-55-59-63-67-71-75-81(86)80(79-85)84-82(87)76-72-68-64-60-56-52-48-45-41-38-35-32-29-27-25-26-28-30-33-36-39-42-46-50-54-58-62-66-70-74-78-89-83(88)77-73-69-65-61-57-53-49-43-20-18-16-14-12-10-8-6-4-2/h18,20,26,28,80-81,85-86H,3-17,19,21-25,27,29-79H2,1-2H3,(H,84,87)/b20-18-,28-26-. The zero-order chi connectivity index (χ0) is 64.2. The molecule has 0 bridgehead atoms. The molecule has 0 heterocycles. The summed E-state index contributed by atoms with van der Waals surface area (Å²) in [5, 5.41) is 23.5. The number of carbonyl (C=O) groups excluding carboxylic acids is 2. The van der Waals surface area contributed by atoms with Gasteiger partial charge < -0.3 is 20.3 Å². The third kappa shape index (κ3) is 75.3. The molecule has 0 aliphatic rings. The van der Waals surface area contributed by atoms with Crippen LogP contribution in [0.4, 0.5) is 0 Å². The predicted octanol–water partition coefficient (Wildman–Crippen LogP) is 27.2. The van der Waals surface area contributed by atoms with Crippen molar-refractivity contribution in [3.63, 3.8) is 0 Å². The van der Waals surface area contributed by atoms with Crippen LogP contribution in [0.1, 0.15) is 470 Å². The number of amides is 1. The molecule has 2 atom stereocenters. The highest BCUT2D eigenvalue weighted by atomic mass is 16.5. The molecule has 0 aliphatic heterocycles. The molecular formula is C83H161NO5. The fourth-order valence-corrected chi connectivity index (χ4v) is 13.2. The van der Waals surface area contributed by atoms with Crippen LogP contribution in [0.15, 0.2) is 24.3 Å². The van der Waals surface area contributed by atoms with Gasteiger partial charge in [-0.05, 0) is 77.0 Å². The van der Waals surface area contributed by atoms with Gasteiger partial charge in [0, 0.05) is 12.8 Å². The van der Waals surface area contributed by atoms with Gasteiger partial charge in [0.05, 0.1) is 25.4 Å². The number of ether oxygens (including phenoxy) is 1. The number of hydrogen-bond acceptors (Lipinski definition) is 5. The monoisotopic (exact) mass is 1250 g/mol. The maximum Gasteiger partial charge on any atom is 0.305 e. The summed E-state index contributed by atoms with van der Waals surface area (Å²) in [6.45, 7) is 5.00. The summed E-state index contributed by atoms with van der Waals surface area (Å²) in [5.74, 6) is -0.0124. The number of hydrogen-bond donors (Lipinski definition) is 3. The Morgan fingerprint density at radius 3 is 0.798 bits per heavy atom. The van der Waals surface area contributed by atoms with E-state index in [1.165, 1.54) is 392 Å². The van der Waals surface area contributed by atoms with Crippen molar-refractivity contribution in [1.29, 1.82) is 0 Å². The summed E-state index contributed by atoms with van der Waals surface area (Å²) < 4.78 is 5.51. The van der Waals surface area contributed by atoms with Crippen molar-refractivity contribution in [3.8, 4) is 0 Å². The van der Waals surface area contributed by atoms with E-state index in [4.69, 9.17) is 4.74 Å². The Morgan fingerprint density at radius 1 is 0.303 bits per heavy atom. The number of aliphatic hydroxyl groups is 2. The van der Waals surface area contributed by atoms with Crippen molar-refractivity contribution < 1.29 is 24.5 Å². The molecule has 0 saturated heterocycles. The Kier molecular flexibility index (Phi) is 77.3. The second-order valence-electron chi connectivity index (χ2n) is 28.5. The van der Waals surface area contributed by atoms with Crippen molar-refractivity contribution >= 4 is 11.9 Å². The highest BCUT2D eigenvalue weighted by Gasteiger charge is 2.20. The van der Waals surface area contributed by atoms with E-state index in [1.54, 1.807) is 0 Å². The van der Waals surface area contributed by atoms with Gasteiger partial charge in [-0.15, -0.1) is 0 Å². The molecule has 3 N–H and O–H groups in total. The summed E-state index contributed by atoms with van der Waals surface area (Å²) in [6, 6.07) is -0.542. The van der Waals surface area contributed by atoms with Crippen molar-refractivity contribution in [1.82, 2.24) is 5.32 Å². The number of nitrogens with one attached hydrogen (secondary N) is 1. The van der Waals surface area contributed by atoms with Crippen LogP contribution in [0.25, 0.3) is 0 Å². The molecule has 1 amide bonds. The van der Waals surface area contributed by atoms with Gasteiger partial charge in [0.15, 0.2) is 0 Å². The lowest BCUT2D eigenvalue weighted by molar-refractivity contribution is -0.143. The van der Waals surface area contributed by atoms with Gasteiger partial charge in [-0.3, -0.25) is 9.59 Å². The predicted molar refractivity (Wildman–Crippen MR) is 393 cm³/mol. The number of unbranched alkanes of at least 4 members (excludes halogenated alkanes) is 63. The molecular weight excluding hydrogens is 1090 g/mol. The lowest BCUT2D eigenvalue weighted by atomic mass is 10.0. The lowest BCUT2D eigenvalue weighted by Gasteiger charge is -2.22. The minimum absolute atomic E-state index is 0.0150. The van der Waals surface area contributed by atoms with E-state index in [2.05, 4.69) is 43.5 Å². The van der Waals surface area contributed by atoms with Crippen LogP contribution in [0.5, 0.6) is 0 Å². The van der Waals surface area contributed by atoms with Gasteiger partial charge in [0.1, 0.15) is 0 Å². The quantitative estimate of drug-likeness (QED) is 0.0320. The van der Waals surface area contributed by atoms with Crippen LogP contribution in [0, 0.1) is 0 Å². The normalized spacial score (nSPS) is 12.5. The molecule has 0 aliphatic carbocycles. The van der Waals surface area contributed by atoms with E-state index in [1.807, 2.05) is 0 Å².